The van der Waals surface area contributed by atoms with Crippen molar-refractivity contribution in [2.75, 3.05) is 0 Å². The van der Waals surface area contributed by atoms with Gasteiger partial charge in [-0.15, -0.1) is 0 Å². The van der Waals surface area contributed by atoms with E-state index in [1.807, 2.05) is 0 Å². The lowest BCUT2D eigenvalue weighted by atomic mass is 9.84. The van der Waals surface area contributed by atoms with Gasteiger partial charge in [-0.3, -0.25) is 0 Å². The second kappa shape index (κ2) is 19.4. The molecule has 0 saturated carbocycles. The molecule has 0 radical (unpaired) electrons. The van der Waals surface area contributed by atoms with Gasteiger partial charge in [-0.25, -0.2) is 0 Å². The zero-order valence-corrected chi connectivity index (χ0v) is 48.6. The molecule has 0 N–H and O–H groups in total. The Morgan fingerprint density at radius 2 is 0.602 bits per heavy atom. The molecule has 1 unspecified atom stereocenters. The molecule has 5 heteroatoms. The van der Waals surface area contributed by atoms with Crippen molar-refractivity contribution >= 4 is 110 Å². The summed E-state index contributed by atoms with van der Waals surface area (Å²) in [5, 5.41) is 10.4. The van der Waals surface area contributed by atoms with Gasteiger partial charge in [0.15, 0.2) is 0 Å². The summed E-state index contributed by atoms with van der Waals surface area (Å²) in [6, 6.07) is 91.3. The van der Waals surface area contributed by atoms with Crippen LogP contribution in [0.15, 0.2) is 277 Å². The minimum atomic E-state index is 0.251. The van der Waals surface area contributed by atoms with Crippen molar-refractivity contribution in [3.05, 3.63) is 266 Å². The molecule has 0 fully saturated rings. The molecule has 0 spiro atoms. The minimum Gasteiger partial charge on any atom is -0.456 e. The average Bonchev–Trinajstić information content (AvgIpc) is 1.72. The van der Waals surface area contributed by atoms with Crippen LogP contribution < -0.4 is 0 Å². The number of aryl methyl sites for hydroxylation is 1. The normalized spacial score (nSPS) is 12.5. The standard InChI is InChI=1S/C83H54O5/c1-4-47(2)78-61(64-41-52(21-20-48(64)3)49-14-8-5-9-15-49)27-35-75-79(78)67-44-55(24-32-72(67)84-75)58-38-59(56-25-33-73-68(45-56)80-76(85-73)36-28-62-65-42-53(50-16-10-6-11-17-50)22-30-70(65)87-82(62)80)40-60(39-58)57-26-34-74-69(46-57)81-77(86-74)37-29-63-66-43-54(51-18-12-7-13-19-51)23-31-71(66)88-83(63)81/h5-47H,4H2,1-3H3. The minimum absolute atomic E-state index is 0.251. The molecule has 1 atom stereocenters. The van der Waals surface area contributed by atoms with E-state index in [9.17, 15) is 0 Å². The molecule has 0 aliphatic rings. The summed E-state index contributed by atoms with van der Waals surface area (Å²) < 4.78 is 33.8. The van der Waals surface area contributed by atoms with Gasteiger partial charge in [0.05, 0.1) is 10.8 Å². The van der Waals surface area contributed by atoms with E-state index in [1.54, 1.807) is 0 Å². The van der Waals surface area contributed by atoms with E-state index in [2.05, 4.69) is 276 Å². The maximum Gasteiger partial charge on any atom is 0.147 e. The predicted molar refractivity (Wildman–Crippen MR) is 364 cm³/mol. The van der Waals surface area contributed by atoms with Gasteiger partial charge in [0.2, 0.25) is 0 Å². The van der Waals surface area contributed by atoms with Crippen molar-refractivity contribution in [3.63, 3.8) is 0 Å². The molecule has 0 saturated heterocycles. The molecule has 18 rings (SSSR count). The van der Waals surface area contributed by atoms with E-state index in [-0.39, 0.29) is 5.92 Å². The maximum atomic E-state index is 6.83. The Kier molecular flexibility index (Phi) is 11.1. The first-order valence-electron chi connectivity index (χ1n) is 30.4. The van der Waals surface area contributed by atoms with Crippen molar-refractivity contribution in [2.45, 2.75) is 33.1 Å². The van der Waals surface area contributed by atoms with Crippen molar-refractivity contribution in [1.29, 1.82) is 0 Å². The molecule has 5 aromatic heterocycles. The lowest BCUT2D eigenvalue weighted by Crippen LogP contribution is -1.98. The molecule has 88 heavy (non-hydrogen) atoms. The highest BCUT2D eigenvalue weighted by Gasteiger charge is 2.24. The number of benzene rings is 13. The van der Waals surface area contributed by atoms with Crippen LogP contribution in [0.2, 0.25) is 0 Å². The van der Waals surface area contributed by atoms with Gasteiger partial charge in [0.25, 0.3) is 0 Å². The van der Waals surface area contributed by atoms with Crippen molar-refractivity contribution < 1.29 is 22.1 Å². The number of fused-ring (bicyclic) bond motifs is 17. The van der Waals surface area contributed by atoms with E-state index >= 15 is 0 Å². The van der Waals surface area contributed by atoms with Crippen LogP contribution in [0.3, 0.4) is 0 Å². The summed E-state index contributed by atoms with van der Waals surface area (Å²) >= 11 is 0. The molecule has 13 aromatic carbocycles. The largest absolute Gasteiger partial charge is 0.456 e. The van der Waals surface area contributed by atoms with Crippen LogP contribution in [0.4, 0.5) is 0 Å². The van der Waals surface area contributed by atoms with Gasteiger partial charge in [0.1, 0.15) is 55.8 Å². The number of rotatable bonds is 9. The molecule has 0 bridgehead atoms. The molecular weight excluding hydrogens is 1080 g/mol. The van der Waals surface area contributed by atoms with Crippen molar-refractivity contribution in [1.82, 2.24) is 0 Å². The highest BCUT2D eigenvalue weighted by molar-refractivity contribution is 6.24. The molecule has 0 aliphatic carbocycles. The first-order chi connectivity index (χ1) is 43.3. The van der Waals surface area contributed by atoms with Gasteiger partial charge in [-0.05, 0) is 224 Å². The van der Waals surface area contributed by atoms with E-state index < -0.39 is 0 Å². The fourth-order valence-corrected chi connectivity index (χ4v) is 14.0. The van der Waals surface area contributed by atoms with E-state index in [1.165, 1.54) is 38.8 Å². The second-order valence-electron chi connectivity index (χ2n) is 23.8. The van der Waals surface area contributed by atoms with Gasteiger partial charge in [0, 0.05) is 43.1 Å². The summed E-state index contributed by atoms with van der Waals surface area (Å²) in [7, 11) is 0. The Morgan fingerprint density at radius 1 is 0.261 bits per heavy atom. The van der Waals surface area contributed by atoms with Crippen LogP contribution >= 0.6 is 0 Å². The van der Waals surface area contributed by atoms with Crippen LogP contribution in [0, 0.1) is 6.92 Å². The third-order valence-corrected chi connectivity index (χ3v) is 18.7. The van der Waals surface area contributed by atoms with E-state index in [0.717, 1.165) is 166 Å². The average molecular weight is 1130 g/mol. The number of furan rings is 5. The SMILES string of the molecule is CCC(C)c1c(-c2cc(-c3ccccc3)ccc2C)ccc2oc3ccc(-c4cc(-c5ccc6oc7ccc8c9cc(-c%10ccccc%10)ccc9oc8c7c6c5)cc(-c5ccc6oc7ccc8c9cc(-c%10ccccc%10)ccc9oc8c7c6c5)c4)cc3c12. The summed E-state index contributed by atoms with van der Waals surface area (Å²) in [5.41, 5.74) is 26.7. The monoisotopic (exact) mass is 1130 g/mol. The molecule has 5 nitrogen and oxygen atoms in total. The topological polar surface area (TPSA) is 65.7 Å². The predicted octanol–water partition coefficient (Wildman–Crippen LogP) is 24.7. The van der Waals surface area contributed by atoms with Crippen LogP contribution in [0.1, 0.15) is 37.3 Å². The van der Waals surface area contributed by atoms with Crippen LogP contribution in [0.25, 0.3) is 188 Å². The van der Waals surface area contributed by atoms with Gasteiger partial charge < -0.3 is 22.1 Å². The molecule has 0 aliphatic heterocycles. The zero-order valence-electron chi connectivity index (χ0n) is 48.6. The lowest BCUT2D eigenvalue weighted by molar-refractivity contribution is 0.662. The summed E-state index contributed by atoms with van der Waals surface area (Å²) in [5.74, 6) is 0.251. The van der Waals surface area contributed by atoms with Crippen molar-refractivity contribution in [3.8, 4) is 77.9 Å². The Labute approximate surface area is 505 Å². The molecule has 416 valence electrons. The van der Waals surface area contributed by atoms with Crippen LogP contribution in [-0.4, -0.2) is 0 Å². The second-order valence-corrected chi connectivity index (χ2v) is 23.8. The Bertz CT molecular complexity index is 5620. The quantitative estimate of drug-likeness (QED) is 0.144. The van der Waals surface area contributed by atoms with Gasteiger partial charge in [-0.1, -0.05) is 153 Å². The molecule has 5 heterocycles. The highest BCUT2D eigenvalue weighted by atomic mass is 16.4. The lowest BCUT2D eigenvalue weighted by Gasteiger charge is -2.19. The third-order valence-electron chi connectivity index (χ3n) is 18.7. The number of hydrogen-bond acceptors (Lipinski definition) is 5. The molecule has 0 amide bonds. The molecular formula is C83H54O5. The summed E-state index contributed by atoms with van der Waals surface area (Å²) in [6.07, 6.45) is 0.974. The Morgan fingerprint density at radius 3 is 1.03 bits per heavy atom. The highest BCUT2D eigenvalue weighted by Crippen LogP contribution is 2.48. The third kappa shape index (κ3) is 7.87. The molecule has 18 aromatic rings. The summed E-state index contributed by atoms with van der Waals surface area (Å²) in [4.78, 5) is 0. The van der Waals surface area contributed by atoms with E-state index in [4.69, 9.17) is 22.1 Å². The van der Waals surface area contributed by atoms with Crippen LogP contribution in [-0.2, 0) is 0 Å². The fourth-order valence-electron chi connectivity index (χ4n) is 14.0. The smallest absolute Gasteiger partial charge is 0.147 e. The maximum absolute atomic E-state index is 6.83. The van der Waals surface area contributed by atoms with Gasteiger partial charge >= 0.3 is 0 Å². The zero-order chi connectivity index (χ0) is 58.3. The summed E-state index contributed by atoms with van der Waals surface area (Å²) in [6.45, 7) is 6.87. The van der Waals surface area contributed by atoms with Gasteiger partial charge in [-0.2, -0.15) is 0 Å². The van der Waals surface area contributed by atoms with Crippen LogP contribution in [0.5, 0.6) is 0 Å². The first kappa shape index (κ1) is 50.2. The van der Waals surface area contributed by atoms with Crippen molar-refractivity contribution in [2.24, 2.45) is 0 Å². The number of hydrogen-bond donors (Lipinski definition) is 0. The fraction of sp³-hybridized carbons (Fsp3) is 0.0602. The first-order valence-corrected chi connectivity index (χ1v) is 30.4. The Balaban J connectivity index is 0.834. The van der Waals surface area contributed by atoms with E-state index in [0.29, 0.717) is 0 Å². The Hall–Kier alpha value is -11.1.